The molecule has 1 N–H and O–H groups in total. The van der Waals surface area contributed by atoms with Crippen LogP contribution < -0.4 is 10.2 Å². The quantitative estimate of drug-likeness (QED) is 0.472. The van der Waals surface area contributed by atoms with Gasteiger partial charge < -0.3 is 10.1 Å². The molecule has 1 aliphatic heterocycles. The Morgan fingerprint density at radius 2 is 1.76 bits per heavy atom. The fraction of sp³-hybridized carbons (Fsp3) is 0.192. The van der Waals surface area contributed by atoms with E-state index in [1.54, 1.807) is 50.2 Å². The van der Waals surface area contributed by atoms with Gasteiger partial charge in [0.05, 0.1) is 29.1 Å². The number of esters is 1. The van der Waals surface area contributed by atoms with E-state index in [2.05, 4.69) is 5.32 Å². The molecule has 4 rings (SSSR count). The number of amides is 2. The maximum atomic E-state index is 14.2. The summed E-state index contributed by atoms with van der Waals surface area (Å²) in [6.07, 6.45) is 0.266. The van der Waals surface area contributed by atoms with Crippen molar-refractivity contribution in [3.05, 3.63) is 83.7 Å². The Kier molecular flexibility index (Phi) is 6.98. The van der Waals surface area contributed by atoms with Crippen LogP contribution >= 0.6 is 11.8 Å². The molecule has 0 aliphatic carbocycles. The molecular weight excluding hydrogens is 455 g/mol. The zero-order chi connectivity index (χ0) is 24.2. The number of para-hydroxylation sites is 1. The number of hydrogen-bond acceptors (Lipinski definition) is 5. The van der Waals surface area contributed by atoms with Gasteiger partial charge in [0.25, 0.3) is 5.91 Å². The molecule has 0 radical (unpaired) electrons. The van der Waals surface area contributed by atoms with E-state index < -0.39 is 23.7 Å². The zero-order valence-corrected chi connectivity index (χ0v) is 19.5. The van der Waals surface area contributed by atoms with Gasteiger partial charge in [-0.2, -0.15) is 0 Å². The van der Waals surface area contributed by atoms with Gasteiger partial charge in [0, 0.05) is 9.79 Å². The Bertz CT molecular complexity index is 1260. The van der Waals surface area contributed by atoms with Crippen LogP contribution in [-0.4, -0.2) is 30.4 Å². The summed E-state index contributed by atoms with van der Waals surface area (Å²) in [6.45, 7) is 3.70. The topological polar surface area (TPSA) is 75.7 Å². The van der Waals surface area contributed by atoms with Crippen molar-refractivity contribution >= 4 is 40.9 Å². The van der Waals surface area contributed by atoms with Crippen LogP contribution in [0.15, 0.2) is 76.5 Å². The molecule has 0 aromatic heterocycles. The highest BCUT2D eigenvalue weighted by atomic mass is 32.2. The second-order valence-corrected chi connectivity index (χ2v) is 8.65. The number of hydrogen-bond donors (Lipinski definition) is 1. The van der Waals surface area contributed by atoms with Gasteiger partial charge >= 0.3 is 5.97 Å². The molecule has 2 amide bonds. The molecule has 3 aromatic carbocycles. The van der Waals surface area contributed by atoms with Gasteiger partial charge in [-0.15, -0.1) is 0 Å². The van der Waals surface area contributed by atoms with Crippen LogP contribution in [0.4, 0.5) is 15.8 Å². The molecule has 3 aromatic rings. The Labute approximate surface area is 201 Å². The second-order valence-electron chi connectivity index (χ2n) is 7.57. The van der Waals surface area contributed by atoms with Crippen molar-refractivity contribution in [1.29, 1.82) is 0 Å². The van der Waals surface area contributed by atoms with Gasteiger partial charge in [0.1, 0.15) is 11.9 Å². The van der Waals surface area contributed by atoms with Crippen molar-refractivity contribution in [3.8, 4) is 0 Å². The smallest absolute Gasteiger partial charge is 0.338 e. The highest BCUT2D eigenvalue weighted by molar-refractivity contribution is 7.99. The summed E-state index contributed by atoms with van der Waals surface area (Å²) >= 11 is 1.38. The molecule has 0 unspecified atom stereocenters. The first-order valence-corrected chi connectivity index (χ1v) is 11.7. The summed E-state index contributed by atoms with van der Waals surface area (Å²) in [4.78, 5) is 42.4. The van der Waals surface area contributed by atoms with Crippen LogP contribution in [0.1, 0.15) is 41.0 Å². The van der Waals surface area contributed by atoms with Crippen LogP contribution in [0.25, 0.3) is 0 Å². The zero-order valence-electron chi connectivity index (χ0n) is 18.7. The van der Waals surface area contributed by atoms with Crippen molar-refractivity contribution < 1.29 is 23.5 Å². The number of rotatable bonds is 6. The number of fused-ring (bicyclic) bond motifs is 2. The van der Waals surface area contributed by atoms with E-state index in [0.717, 1.165) is 4.90 Å². The molecule has 6 nitrogen and oxygen atoms in total. The number of carbonyl (C=O) groups excluding carboxylic acids is 3. The third-order valence-electron chi connectivity index (χ3n) is 5.42. The van der Waals surface area contributed by atoms with E-state index in [-0.39, 0.29) is 30.2 Å². The normalized spacial score (nSPS) is 13.4. The summed E-state index contributed by atoms with van der Waals surface area (Å²) in [5, 5.41) is 2.61. The number of benzene rings is 3. The van der Waals surface area contributed by atoms with Gasteiger partial charge in [-0.3, -0.25) is 14.5 Å². The van der Waals surface area contributed by atoms with Crippen LogP contribution in [0.3, 0.4) is 0 Å². The maximum absolute atomic E-state index is 14.2. The minimum absolute atomic E-state index is 0.0310. The van der Waals surface area contributed by atoms with E-state index in [0.29, 0.717) is 16.1 Å². The number of ether oxygens (including phenoxy) is 1. The van der Waals surface area contributed by atoms with Crippen LogP contribution in [0.2, 0.25) is 0 Å². The maximum Gasteiger partial charge on any atom is 0.338 e. The van der Waals surface area contributed by atoms with E-state index in [1.165, 1.54) is 34.9 Å². The second kappa shape index (κ2) is 10.1. The molecule has 34 heavy (non-hydrogen) atoms. The molecule has 1 atom stereocenters. The molecule has 174 valence electrons. The standard InChI is InChI=1S/C26H23FN2O4S/c1-3-20(24(30)28-19-11-7-6-10-18(19)27)29-21-15-16(26(32)33-4-2)13-14-23(21)34-22-12-8-5-9-17(22)25(29)31/h5-15,20H,3-4H2,1-2H3,(H,28,30)/t20-/m0/s1. The first-order valence-electron chi connectivity index (χ1n) is 10.9. The van der Waals surface area contributed by atoms with E-state index in [4.69, 9.17) is 4.74 Å². The molecule has 0 spiro atoms. The molecule has 1 aliphatic rings. The minimum atomic E-state index is -0.949. The highest BCUT2D eigenvalue weighted by Gasteiger charge is 2.36. The lowest BCUT2D eigenvalue weighted by atomic mass is 10.1. The molecule has 8 heteroatoms. The lowest BCUT2D eigenvalue weighted by molar-refractivity contribution is -0.117. The molecule has 0 bridgehead atoms. The summed E-state index contributed by atoms with van der Waals surface area (Å²) in [5.41, 5.74) is 1.17. The molecule has 1 heterocycles. The average molecular weight is 479 g/mol. The van der Waals surface area contributed by atoms with Crippen LogP contribution in [0.5, 0.6) is 0 Å². The van der Waals surface area contributed by atoms with Crippen molar-refractivity contribution in [2.45, 2.75) is 36.1 Å². The van der Waals surface area contributed by atoms with Crippen molar-refractivity contribution in [3.63, 3.8) is 0 Å². The van der Waals surface area contributed by atoms with Crippen LogP contribution in [-0.2, 0) is 9.53 Å². The molecule has 0 saturated carbocycles. The number of carbonyl (C=O) groups is 3. The monoisotopic (exact) mass is 478 g/mol. The minimum Gasteiger partial charge on any atom is -0.462 e. The lowest BCUT2D eigenvalue weighted by Crippen LogP contribution is -2.47. The van der Waals surface area contributed by atoms with Crippen molar-refractivity contribution in [1.82, 2.24) is 0 Å². The van der Waals surface area contributed by atoms with Gasteiger partial charge in [-0.1, -0.05) is 43.0 Å². The predicted octanol–water partition coefficient (Wildman–Crippen LogP) is 5.53. The lowest BCUT2D eigenvalue weighted by Gasteiger charge is -2.30. The number of anilines is 2. The Morgan fingerprint density at radius 1 is 1.03 bits per heavy atom. The Hall–Kier alpha value is -3.65. The predicted molar refractivity (Wildman–Crippen MR) is 129 cm³/mol. The van der Waals surface area contributed by atoms with Gasteiger partial charge in [0.2, 0.25) is 5.91 Å². The fourth-order valence-corrected chi connectivity index (χ4v) is 4.84. The first kappa shape index (κ1) is 23.5. The first-order chi connectivity index (χ1) is 16.4. The summed E-state index contributed by atoms with van der Waals surface area (Å²) < 4.78 is 19.3. The highest BCUT2D eigenvalue weighted by Crippen LogP contribution is 2.43. The number of nitrogens with zero attached hydrogens (tertiary/aromatic N) is 1. The summed E-state index contributed by atoms with van der Waals surface area (Å²) in [7, 11) is 0. The van der Waals surface area contributed by atoms with E-state index in [9.17, 15) is 18.8 Å². The molecule has 0 fully saturated rings. The molecule has 0 saturated heterocycles. The third-order valence-corrected chi connectivity index (χ3v) is 6.56. The van der Waals surface area contributed by atoms with Crippen molar-refractivity contribution in [2.24, 2.45) is 0 Å². The van der Waals surface area contributed by atoms with Gasteiger partial charge in [-0.25, -0.2) is 9.18 Å². The SMILES string of the molecule is CCOC(=O)c1ccc2c(c1)N([C@@H](CC)C(=O)Nc1ccccc1F)C(=O)c1ccccc1S2. The van der Waals surface area contributed by atoms with Gasteiger partial charge in [-0.05, 0) is 55.8 Å². The Balaban J connectivity index is 1.82. The van der Waals surface area contributed by atoms with Gasteiger partial charge in [0.15, 0.2) is 0 Å². The molecular formula is C26H23FN2O4S. The average Bonchev–Trinajstić information content (AvgIpc) is 2.95. The number of halogens is 1. The fourth-order valence-electron chi connectivity index (χ4n) is 3.80. The van der Waals surface area contributed by atoms with E-state index >= 15 is 0 Å². The summed E-state index contributed by atoms with van der Waals surface area (Å²) in [5.74, 6) is -2.00. The van der Waals surface area contributed by atoms with Crippen molar-refractivity contribution in [2.75, 3.05) is 16.8 Å². The van der Waals surface area contributed by atoms with Crippen LogP contribution in [0, 0.1) is 5.82 Å². The Morgan fingerprint density at radius 3 is 2.50 bits per heavy atom. The largest absolute Gasteiger partial charge is 0.462 e. The number of nitrogens with one attached hydrogen (secondary N) is 1. The summed E-state index contributed by atoms with van der Waals surface area (Å²) in [6, 6.07) is 17.0. The van der Waals surface area contributed by atoms with E-state index in [1.807, 2.05) is 12.1 Å². The third kappa shape index (κ3) is 4.54.